The molecule has 188 valence electrons. The standard InChI is InChI=1S/C28H27N5O2S2/c34-37(26-10-4-8-21-9-5-15-29-27(21)26)30-17-19-11-13-22(14-12-19)31-28-32-24(18-36-28)25-16-23(33-35-25)20-6-2-1-3-7-20/h1-10,15-16,18-19,22,30H,11-14,17H2,(H,31,32). The van der Waals surface area contributed by atoms with E-state index in [-0.39, 0.29) is 0 Å². The maximum absolute atomic E-state index is 12.9. The smallest absolute Gasteiger partial charge is 0.186 e. The molecule has 1 aliphatic carbocycles. The largest absolute Gasteiger partial charge is 0.359 e. The van der Waals surface area contributed by atoms with E-state index in [1.165, 1.54) is 0 Å². The molecular weight excluding hydrogens is 502 g/mol. The number of benzene rings is 2. The summed E-state index contributed by atoms with van der Waals surface area (Å²) in [5.74, 6) is 1.18. The summed E-state index contributed by atoms with van der Waals surface area (Å²) in [4.78, 5) is 9.91. The van der Waals surface area contributed by atoms with Gasteiger partial charge < -0.3 is 9.84 Å². The number of fused-ring (bicyclic) bond motifs is 1. The lowest BCUT2D eigenvalue weighted by Gasteiger charge is -2.29. The van der Waals surface area contributed by atoms with Gasteiger partial charge in [0.1, 0.15) is 22.4 Å². The summed E-state index contributed by atoms with van der Waals surface area (Å²) < 4.78 is 21.7. The number of para-hydroxylation sites is 1. The van der Waals surface area contributed by atoms with Gasteiger partial charge >= 0.3 is 0 Å². The van der Waals surface area contributed by atoms with Crippen molar-refractivity contribution in [1.29, 1.82) is 0 Å². The SMILES string of the molecule is O=S(NCC1CCC(Nc2nc(-c3cc(-c4ccccc4)no3)cs2)CC1)c1cccc2cccnc12. The van der Waals surface area contributed by atoms with Crippen molar-refractivity contribution in [3.8, 4) is 22.7 Å². The second-order valence-electron chi connectivity index (χ2n) is 9.29. The van der Waals surface area contributed by atoms with Gasteiger partial charge in [-0.05, 0) is 43.7 Å². The van der Waals surface area contributed by atoms with E-state index in [2.05, 4.69) is 20.2 Å². The molecule has 1 aliphatic rings. The van der Waals surface area contributed by atoms with E-state index < -0.39 is 11.0 Å². The van der Waals surface area contributed by atoms with Crippen LogP contribution in [0.2, 0.25) is 0 Å². The number of hydrogen-bond acceptors (Lipinski definition) is 7. The molecule has 7 nitrogen and oxygen atoms in total. The molecule has 2 aromatic carbocycles. The Morgan fingerprint density at radius 2 is 1.81 bits per heavy atom. The zero-order valence-corrected chi connectivity index (χ0v) is 21.8. The van der Waals surface area contributed by atoms with Crippen molar-refractivity contribution in [2.75, 3.05) is 11.9 Å². The van der Waals surface area contributed by atoms with E-state index in [9.17, 15) is 4.21 Å². The minimum Gasteiger partial charge on any atom is -0.359 e. The maximum Gasteiger partial charge on any atom is 0.186 e. The van der Waals surface area contributed by atoms with Crippen LogP contribution >= 0.6 is 11.3 Å². The Hall–Kier alpha value is -3.40. The molecule has 3 heterocycles. The van der Waals surface area contributed by atoms with Gasteiger partial charge in [-0.3, -0.25) is 4.98 Å². The average Bonchev–Trinajstić information content (AvgIpc) is 3.63. The summed E-state index contributed by atoms with van der Waals surface area (Å²) in [7, 11) is -1.28. The van der Waals surface area contributed by atoms with Gasteiger partial charge in [0.15, 0.2) is 10.9 Å². The predicted octanol–water partition coefficient (Wildman–Crippen LogP) is 6.30. The van der Waals surface area contributed by atoms with Crippen molar-refractivity contribution in [1.82, 2.24) is 19.8 Å². The summed E-state index contributed by atoms with van der Waals surface area (Å²) in [5, 5.41) is 11.7. The monoisotopic (exact) mass is 529 g/mol. The molecule has 0 spiro atoms. The third-order valence-electron chi connectivity index (χ3n) is 6.81. The van der Waals surface area contributed by atoms with Crippen molar-refractivity contribution in [3.05, 3.63) is 78.3 Å². The lowest BCUT2D eigenvalue weighted by Crippen LogP contribution is -2.32. The number of nitrogens with one attached hydrogen (secondary N) is 2. The van der Waals surface area contributed by atoms with Crippen molar-refractivity contribution in [3.63, 3.8) is 0 Å². The minimum absolute atomic E-state index is 0.387. The second kappa shape index (κ2) is 10.9. The van der Waals surface area contributed by atoms with Crippen LogP contribution in [0.5, 0.6) is 0 Å². The van der Waals surface area contributed by atoms with E-state index in [0.717, 1.165) is 70.1 Å². The highest BCUT2D eigenvalue weighted by molar-refractivity contribution is 7.83. The molecule has 1 fully saturated rings. The Morgan fingerprint density at radius 1 is 0.973 bits per heavy atom. The fraction of sp³-hybridized carbons (Fsp3) is 0.250. The number of thiazole rings is 1. The summed E-state index contributed by atoms with van der Waals surface area (Å²) in [6.07, 6.45) is 6.03. The van der Waals surface area contributed by atoms with Crippen LogP contribution in [0.25, 0.3) is 33.6 Å². The highest BCUT2D eigenvalue weighted by Crippen LogP contribution is 2.31. The first-order valence-electron chi connectivity index (χ1n) is 12.5. The Bertz CT molecular complexity index is 1500. The predicted molar refractivity (Wildman–Crippen MR) is 149 cm³/mol. The summed E-state index contributed by atoms with van der Waals surface area (Å²) in [5.41, 5.74) is 3.43. The lowest BCUT2D eigenvalue weighted by molar-refractivity contribution is 0.338. The van der Waals surface area contributed by atoms with Crippen LogP contribution in [0.1, 0.15) is 25.7 Å². The van der Waals surface area contributed by atoms with Crippen molar-refractivity contribution in [2.45, 2.75) is 36.6 Å². The van der Waals surface area contributed by atoms with Crippen LogP contribution in [0.4, 0.5) is 5.13 Å². The van der Waals surface area contributed by atoms with Crippen LogP contribution in [-0.2, 0) is 11.0 Å². The van der Waals surface area contributed by atoms with Crippen molar-refractivity contribution < 1.29 is 8.73 Å². The second-order valence-corrected chi connectivity index (χ2v) is 11.4. The fourth-order valence-electron chi connectivity index (χ4n) is 4.78. The zero-order chi connectivity index (χ0) is 25.0. The molecule has 0 amide bonds. The Kier molecular flexibility index (Phi) is 7.07. The number of rotatable bonds is 8. The molecule has 0 radical (unpaired) electrons. The summed E-state index contributed by atoms with van der Waals surface area (Å²) in [6.45, 7) is 0.735. The van der Waals surface area contributed by atoms with Gasteiger partial charge in [0.05, 0.1) is 10.4 Å². The summed E-state index contributed by atoms with van der Waals surface area (Å²) >= 11 is 1.59. The van der Waals surface area contributed by atoms with E-state index in [4.69, 9.17) is 9.51 Å². The first-order chi connectivity index (χ1) is 18.2. The zero-order valence-electron chi connectivity index (χ0n) is 20.2. The van der Waals surface area contributed by atoms with Gasteiger partial charge in [-0.15, -0.1) is 11.3 Å². The number of pyridine rings is 1. The first-order valence-corrected chi connectivity index (χ1v) is 14.5. The molecule has 1 saturated carbocycles. The average molecular weight is 530 g/mol. The van der Waals surface area contributed by atoms with Crippen molar-refractivity contribution >= 4 is 38.4 Å². The third-order valence-corrected chi connectivity index (χ3v) is 8.74. The van der Waals surface area contributed by atoms with E-state index >= 15 is 0 Å². The molecular formula is C28H27N5O2S2. The first kappa shape index (κ1) is 24.0. The molecule has 1 unspecified atom stereocenters. The normalized spacial score (nSPS) is 18.6. The van der Waals surface area contributed by atoms with Crippen LogP contribution < -0.4 is 10.0 Å². The van der Waals surface area contributed by atoms with Gasteiger partial charge in [-0.2, -0.15) is 0 Å². The number of aromatic nitrogens is 3. The van der Waals surface area contributed by atoms with Gasteiger partial charge in [0.2, 0.25) is 0 Å². The highest BCUT2D eigenvalue weighted by atomic mass is 32.2. The summed E-state index contributed by atoms with van der Waals surface area (Å²) in [6, 6.07) is 22.0. The third kappa shape index (κ3) is 5.49. The molecule has 1 atom stereocenters. The molecule has 6 rings (SSSR count). The number of anilines is 1. The molecule has 3 aromatic heterocycles. The molecule has 37 heavy (non-hydrogen) atoms. The minimum atomic E-state index is -1.28. The molecule has 0 aliphatic heterocycles. The molecule has 0 saturated heterocycles. The number of hydrogen-bond donors (Lipinski definition) is 2. The van der Waals surface area contributed by atoms with Gasteiger partial charge in [0.25, 0.3) is 0 Å². The molecule has 0 bridgehead atoms. The van der Waals surface area contributed by atoms with E-state index in [1.54, 1.807) is 17.5 Å². The van der Waals surface area contributed by atoms with Gasteiger partial charge in [-0.1, -0.05) is 53.7 Å². The Labute approximate surface area is 221 Å². The lowest BCUT2D eigenvalue weighted by atomic mass is 9.86. The maximum atomic E-state index is 12.9. The van der Waals surface area contributed by atoms with Crippen LogP contribution in [0.15, 0.2) is 87.7 Å². The quantitative estimate of drug-likeness (QED) is 0.245. The van der Waals surface area contributed by atoms with E-state index in [1.807, 2.05) is 72.1 Å². The van der Waals surface area contributed by atoms with Crippen LogP contribution in [0, 0.1) is 5.92 Å². The molecule has 2 N–H and O–H groups in total. The van der Waals surface area contributed by atoms with Crippen molar-refractivity contribution in [2.24, 2.45) is 5.92 Å². The van der Waals surface area contributed by atoms with Crippen LogP contribution in [-0.4, -0.2) is 31.9 Å². The molecule has 5 aromatic rings. The van der Waals surface area contributed by atoms with Gasteiger partial charge in [-0.25, -0.2) is 13.9 Å². The van der Waals surface area contributed by atoms with E-state index in [0.29, 0.717) is 17.7 Å². The van der Waals surface area contributed by atoms with Crippen LogP contribution in [0.3, 0.4) is 0 Å². The highest BCUT2D eigenvalue weighted by Gasteiger charge is 2.23. The van der Waals surface area contributed by atoms with Gasteiger partial charge in [0, 0.05) is 41.2 Å². The number of nitrogens with zero attached hydrogens (tertiary/aromatic N) is 3. The molecule has 9 heteroatoms. The Balaban J connectivity index is 0.999. The Morgan fingerprint density at radius 3 is 2.68 bits per heavy atom. The fourth-order valence-corrected chi connectivity index (χ4v) is 6.65. The topological polar surface area (TPSA) is 92.9 Å².